The van der Waals surface area contributed by atoms with Crippen molar-refractivity contribution in [2.24, 2.45) is 5.92 Å². The Hall–Kier alpha value is -3.66. The zero-order chi connectivity index (χ0) is 24.5. The molecule has 4 heterocycles. The quantitative estimate of drug-likeness (QED) is 0.529. The smallest absolute Gasteiger partial charge is 0.261 e. The number of fused-ring (bicyclic) bond motifs is 1. The van der Waals surface area contributed by atoms with E-state index in [4.69, 9.17) is 0 Å². The maximum absolute atomic E-state index is 12.8. The highest BCUT2D eigenvalue weighted by Crippen LogP contribution is 2.26. The number of rotatable bonds is 6. The van der Waals surface area contributed by atoms with Crippen molar-refractivity contribution >= 4 is 40.1 Å². The van der Waals surface area contributed by atoms with E-state index in [2.05, 4.69) is 25.2 Å². The average molecular weight is 491 g/mol. The molecule has 0 radical (unpaired) electrons. The number of thiazole rings is 1. The number of aryl methyl sites for hydroxylation is 2. The topological polar surface area (TPSA) is 108 Å². The second-order valence-electron chi connectivity index (χ2n) is 8.89. The molecular weight excluding hydrogens is 464 g/mol. The average Bonchev–Trinajstić information content (AvgIpc) is 3.39. The maximum atomic E-state index is 12.8. The Morgan fingerprint density at radius 2 is 1.69 bits per heavy atom. The van der Waals surface area contributed by atoms with Gasteiger partial charge in [-0.1, -0.05) is 12.1 Å². The van der Waals surface area contributed by atoms with Gasteiger partial charge in [0, 0.05) is 54.4 Å². The summed E-state index contributed by atoms with van der Waals surface area (Å²) in [6, 6.07) is 8.82. The predicted octanol–water partition coefficient (Wildman–Crippen LogP) is 3.24. The van der Waals surface area contributed by atoms with Crippen molar-refractivity contribution in [1.82, 2.24) is 19.9 Å². The summed E-state index contributed by atoms with van der Waals surface area (Å²) >= 11 is 1.37. The summed E-state index contributed by atoms with van der Waals surface area (Å²) in [6.45, 7) is 5.65. The van der Waals surface area contributed by atoms with Crippen molar-refractivity contribution in [3.05, 3.63) is 63.9 Å². The molecule has 0 aliphatic carbocycles. The molecule has 10 heteroatoms. The monoisotopic (exact) mass is 490 g/mol. The number of aromatic nitrogens is 3. The normalized spacial score (nSPS) is 16.1. The van der Waals surface area contributed by atoms with Crippen molar-refractivity contribution in [3.8, 4) is 0 Å². The number of benzene rings is 1. The molecule has 35 heavy (non-hydrogen) atoms. The van der Waals surface area contributed by atoms with E-state index in [1.807, 2.05) is 19.9 Å². The number of amides is 3. The van der Waals surface area contributed by atoms with E-state index >= 15 is 0 Å². The molecule has 9 nitrogen and oxygen atoms in total. The van der Waals surface area contributed by atoms with Crippen LogP contribution in [0.2, 0.25) is 0 Å². The Bertz CT molecular complexity index is 1240. The molecule has 180 valence electrons. The van der Waals surface area contributed by atoms with Crippen LogP contribution in [-0.4, -0.2) is 57.2 Å². The van der Waals surface area contributed by atoms with Gasteiger partial charge in [-0.2, -0.15) is 0 Å². The van der Waals surface area contributed by atoms with Crippen molar-refractivity contribution < 1.29 is 14.4 Å². The molecule has 0 unspecified atom stereocenters. The van der Waals surface area contributed by atoms with Crippen molar-refractivity contribution in [3.63, 3.8) is 0 Å². The third-order valence-corrected chi connectivity index (χ3v) is 7.34. The van der Waals surface area contributed by atoms with E-state index < -0.39 is 0 Å². The molecule has 5 rings (SSSR count). The first kappa shape index (κ1) is 23.1. The molecule has 1 N–H and O–H groups in total. The van der Waals surface area contributed by atoms with E-state index in [0.29, 0.717) is 22.7 Å². The minimum atomic E-state index is -0.263. The van der Waals surface area contributed by atoms with Gasteiger partial charge in [0.1, 0.15) is 0 Å². The number of nitrogens with one attached hydrogen (secondary N) is 1. The Morgan fingerprint density at radius 3 is 2.31 bits per heavy atom. The molecule has 0 bridgehead atoms. The van der Waals surface area contributed by atoms with Crippen LogP contribution in [0.3, 0.4) is 0 Å². The molecule has 0 atom stereocenters. The van der Waals surface area contributed by atoms with Crippen molar-refractivity contribution in [1.29, 1.82) is 0 Å². The highest BCUT2D eigenvalue weighted by atomic mass is 32.1. The zero-order valence-electron chi connectivity index (χ0n) is 19.7. The number of piperidine rings is 1. The number of carbonyl (C=O) groups is 3. The predicted molar refractivity (Wildman–Crippen MR) is 133 cm³/mol. The highest BCUT2D eigenvalue weighted by Gasteiger charge is 2.34. The van der Waals surface area contributed by atoms with Gasteiger partial charge in [-0.05, 0) is 44.9 Å². The fraction of sp³-hybridized carbons (Fsp3) is 0.360. The SMILES string of the molecule is Cc1cc(C)nc(N2CCC(C(=O)Nc3ncc(CCN4C(=O)c5ccccc5C4=O)s3)CC2)n1. The lowest BCUT2D eigenvalue weighted by Gasteiger charge is -2.31. The van der Waals surface area contributed by atoms with Gasteiger partial charge < -0.3 is 10.2 Å². The van der Waals surface area contributed by atoms with E-state index in [9.17, 15) is 14.4 Å². The number of nitrogens with zero attached hydrogens (tertiary/aromatic N) is 5. The molecule has 0 saturated carbocycles. The Kier molecular flexibility index (Phi) is 6.29. The summed E-state index contributed by atoms with van der Waals surface area (Å²) in [5, 5.41) is 3.47. The number of hydrogen-bond donors (Lipinski definition) is 1. The molecule has 2 aliphatic rings. The first-order valence-electron chi connectivity index (χ1n) is 11.7. The number of imide groups is 1. The Labute approximate surface area is 207 Å². The first-order valence-corrected chi connectivity index (χ1v) is 12.5. The van der Waals surface area contributed by atoms with Crippen LogP contribution in [-0.2, 0) is 11.2 Å². The fourth-order valence-corrected chi connectivity index (χ4v) is 5.35. The second-order valence-corrected chi connectivity index (χ2v) is 10.0. The summed E-state index contributed by atoms with van der Waals surface area (Å²) in [5.74, 6) is 0.0708. The summed E-state index contributed by atoms with van der Waals surface area (Å²) in [5.41, 5.74) is 2.78. The van der Waals surface area contributed by atoms with Crippen LogP contribution in [0.15, 0.2) is 36.5 Å². The minimum absolute atomic E-state index is 0.0350. The molecule has 2 aromatic heterocycles. The molecule has 1 saturated heterocycles. The summed E-state index contributed by atoms with van der Waals surface area (Å²) in [6.07, 6.45) is 3.63. The number of hydrogen-bond acceptors (Lipinski definition) is 8. The highest BCUT2D eigenvalue weighted by molar-refractivity contribution is 7.15. The van der Waals surface area contributed by atoms with Crippen LogP contribution < -0.4 is 10.2 Å². The summed E-state index contributed by atoms with van der Waals surface area (Å²) in [4.78, 5) is 55.5. The van der Waals surface area contributed by atoms with Gasteiger partial charge in [0.15, 0.2) is 5.13 Å². The van der Waals surface area contributed by atoms with E-state index in [1.165, 1.54) is 16.2 Å². The first-order chi connectivity index (χ1) is 16.9. The third-order valence-electron chi connectivity index (χ3n) is 6.36. The van der Waals surface area contributed by atoms with Crippen LogP contribution in [0.5, 0.6) is 0 Å². The van der Waals surface area contributed by atoms with Crippen molar-refractivity contribution in [2.45, 2.75) is 33.1 Å². The van der Waals surface area contributed by atoms with Crippen LogP contribution >= 0.6 is 11.3 Å². The third kappa shape index (κ3) is 4.79. The van der Waals surface area contributed by atoms with Gasteiger partial charge in [-0.25, -0.2) is 15.0 Å². The van der Waals surface area contributed by atoms with E-state index in [0.717, 1.165) is 48.1 Å². The molecule has 2 aliphatic heterocycles. The van der Waals surface area contributed by atoms with E-state index in [1.54, 1.807) is 30.5 Å². The van der Waals surface area contributed by atoms with Crippen LogP contribution in [0.1, 0.15) is 49.8 Å². The number of carbonyl (C=O) groups excluding carboxylic acids is 3. The van der Waals surface area contributed by atoms with Crippen LogP contribution in [0.25, 0.3) is 0 Å². The van der Waals surface area contributed by atoms with Crippen molar-refractivity contribution in [2.75, 3.05) is 29.9 Å². The lowest BCUT2D eigenvalue weighted by Crippen LogP contribution is -2.39. The zero-order valence-corrected chi connectivity index (χ0v) is 20.5. The molecule has 1 aromatic carbocycles. The van der Waals surface area contributed by atoms with E-state index in [-0.39, 0.29) is 30.2 Å². The van der Waals surface area contributed by atoms with Gasteiger partial charge >= 0.3 is 0 Å². The molecule has 0 spiro atoms. The van der Waals surface area contributed by atoms with Crippen LogP contribution in [0.4, 0.5) is 11.1 Å². The molecule has 1 fully saturated rings. The number of anilines is 2. The van der Waals surface area contributed by atoms with Gasteiger partial charge in [-0.15, -0.1) is 11.3 Å². The maximum Gasteiger partial charge on any atom is 0.261 e. The lowest BCUT2D eigenvalue weighted by atomic mass is 9.96. The minimum Gasteiger partial charge on any atom is -0.341 e. The summed E-state index contributed by atoms with van der Waals surface area (Å²) in [7, 11) is 0. The Morgan fingerprint density at radius 1 is 1.06 bits per heavy atom. The molecule has 3 amide bonds. The fourth-order valence-electron chi connectivity index (χ4n) is 4.54. The lowest BCUT2D eigenvalue weighted by molar-refractivity contribution is -0.120. The van der Waals surface area contributed by atoms with Crippen LogP contribution in [0, 0.1) is 19.8 Å². The largest absolute Gasteiger partial charge is 0.341 e. The standard InChI is InChI=1S/C25H26N6O3S/c1-15-13-16(2)28-24(27-15)30-10-7-17(8-11-30)21(32)29-25-26-14-18(35-25)9-12-31-22(33)19-5-3-4-6-20(19)23(31)34/h3-6,13-14,17H,7-12H2,1-2H3,(H,26,29,32). The summed E-state index contributed by atoms with van der Waals surface area (Å²) < 4.78 is 0. The molecular formula is C25H26N6O3S. The Balaban J connectivity index is 1.12. The van der Waals surface area contributed by atoms with Gasteiger partial charge in [0.2, 0.25) is 11.9 Å². The molecule has 3 aromatic rings. The van der Waals surface area contributed by atoms with Gasteiger partial charge in [0.05, 0.1) is 11.1 Å². The second kappa shape index (κ2) is 9.53. The van der Waals surface area contributed by atoms with Gasteiger partial charge in [0.25, 0.3) is 11.8 Å². The van der Waals surface area contributed by atoms with Gasteiger partial charge in [-0.3, -0.25) is 19.3 Å².